The van der Waals surface area contributed by atoms with E-state index >= 15 is 0 Å². The number of alkyl halides is 3. The number of hydrogen-bond donors (Lipinski definition) is 1. The van der Waals surface area contributed by atoms with Crippen molar-refractivity contribution in [3.05, 3.63) is 24.0 Å². The molecule has 0 aliphatic carbocycles. The van der Waals surface area contributed by atoms with Crippen molar-refractivity contribution < 1.29 is 13.2 Å². The van der Waals surface area contributed by atoms with Crippen molar-refractivity contribution in [2.24, 2.45) is 0 Å². The highest BCUT2D eigenvalue weighted by molar-refractivity contribution is 5.07. The third-order valence-electron chi connectivity index (χ3n) is 1.14. The van der Waals surface area contributed by atoms with E-state index in [-0.39, 0.29) is 5.69 Å². The maximum atomic E-state index is 12.3. The maximum absolute atomic E-state index is 12.3. The van der Waals surface area contributed by atoms with E-state index < -0.39 is 12.6 Å². The minimum atomic E-state index is -2.95. The van der Waals surface area contributed by atoms with Gasteiger partial charge in [-0.25, -0.2) is 13.2 Å². The molecule has 1 nitrogen and oxygen atoms in total. The van der Waals surface area contributed by atoms with Crippen LogP contribution in [0.25, 0.3) is 0 Å². The van der Waals surface area contributed by atoms with Crippen LogP contribution in [-0.4, -0.2) is 11.4 Å². The van der Waals surface area contributed by atoms with Crippen LogP contribution in [0.2, 0.25) is 0 Å². The van der Waals surface area contributed by atoms with Crippen molar-refractivity contribution in [3.8, 4) is 0 Å². The van der Waals surface area contributed by atoms with Gasteiger partial charge in [-0.2, -0.15) is 0 Å². The summed E-state index contributed by atoms with van der Waals surface area (Å²) in [5.41, 5.74) is -0.0741. The molecule has 56 valence electrons. The summed E-state index contributed by atoms with van der Waals surface area (Å²) in [7, 11) is 0. The van der Waals surface area contributed by atoms with Crippen molar-refractivity contribution >= 4 is 0 Å². The van der Waals surface area contributed by atoms with E-state index in [0.717, 1.165) is 0 Å². The Balaban J connectivity index is 2.68. The normalized spacial score (nSPS) is 14.0. The molecule has 1 aromatic rings. The smallest absolute Gasteiger partial charge is 0.274 e. The lowest BCUT2D eigenvalue weighted by molar-refractivity contribution is 0.0476. The Morgan fingerprint density at radius 2 is 2.00 bits per heavy atom. The van der Waals surface area contributed by atoms with E-state index in [9.17, 15) is 13.2 Å². The summed E-state index contributed by atoms with van der Waals surface area (Å²) in [4.78, 5) is 2.36. The van der Waals surface area contributed by atoms with Crippen LogP contribution in [0.1, 0.15) is 11.9 Å². The van der Waals surface area contributed by atoms with Crippen molar-refractivity contribution in [2.45, 2.75) is 12.6 Å². The van der Waals surface area contributed by atoms with E-state index in [1.54, 1.807) is 0 Å². The Kier molecular flexibility index (Phi) is 1.99. The van der Waals surface area contributed by atoms with Gasteiger partial charge in [0.2, 0.25) is 0 Å². The largest absolute Gasteiger partial charge is 0.362 e. The number of aromatic amines is 1. The van der Waals surface area contributed by atoms with Crippen LogP contribution in [0.5, 0.6) is 0 Å². The first-order valence-electron chi connectivity index (χ1n) is 2.77. The van der Waals surface area contributed by atoms with Gasteiger partial charge in [-0.3, -0.25) is 0 Å². The quantitative estimate of drug-likeness (QED) is 0.664. The zero-order chi connectivity index (χ0) is 7.56. The molecule has 1 N–H and O–H groups in total. The number of aromatic nitrogens is 1. The van der Waals surface area contributed by atoms with Crippen LogP contribution in [0.4, 0.5) is 13.2 Å². The molecule has 1 aromatic heterocycles. The lowest BCUT2D eigenvalue weighted by Gasteiger charge is -2.02. The second-order valence-electron chi connectivity index (χ2n) is 1.86. The molecule has 0 aliphatic heterocycles. The minimum absolute atomic E-state index is 0.0741. The van der Waals surface area contributed by atoms with Gasteiger partial charge in [0.1, 0.15) is 0 Å². The summed E-state index contributed by atoms with van der Waals surface area (Å²) >= 11 is 0. The number of nitrogens with one attached hydrogen (secondary N) is 1. The van der Waals surface area contributed by atoms with E-state index in [2.05, 4.69) is 4.98 Å². The van der Waals surface area contributed by atoms with Crippen molar-refractivity contribution in [1.82, 2.24) is 4.98 Å². The summed E-state index contributed by atoms with van der Waals surface area (Å²) < 4.78 is 35.5. The first-order valence-corrected chi connectivity index (χ1v) is 2.77. The van der Waals surface area contributed by atoms with Gasteiger partial charge >= 0.3 is 0 Å². The van der Waals surface area contributed by atoms with Crippen LogP contribution in [0.15, 0.2) is 18.3 Å². The number of halogens is 3. The molecular formula is C6H6F3N. The highest BCUT2D eigenvalue weighted by atomic mass is 19.3. The molecule has 0 amide bonds. The topological polar surface area (TPSA) is 15.8 Å². The third kappa shape index (κ3) is 1.32. The molecular weight excluding hydrogens is 143 g/mol. The Hall–Kier alpha value is -0.930. The van der Waals surface area contributed by atoms with Crippen LogP contribution in [0.3, 0.4) is 0 Å². The molecule has 0 bridgehead atoms. The van der Waals surface area contributed by atoms with Crippen LogP contribution in [-0.2, 0) is 0 Å². The second kappa shape index (κ2) is 2.77. The fraction of sp³-hybridized carbons (Fsp3) is 0.333. The molecule has 0 aliphatic rings. The number of rotatable bonds is 2. The van der Waals surface area contributed by atoms with E-state index in [1.807, 2.05) is 0 Å². The molecule has 0 radical (unpaired) electrons. The fourth-order valence-corrected chi connectivity index (χ4v) is 0.651. The highest BCUT2D eigenvalue weighted by Crippen LogP contribution is 2.22. The summed E-state index contributed by atoms with van der Waals surface area (Å²) in [6, 6.07) is 2.76. The maximum Gasteiger partial charge on any atom is 0.274 e. The zero-order valence-corrected chi connectivity index (χ0v) is 5.02. The first-order chi connectivity index (χ1) is 4.72. The Bertz CT molecular complexity index is 183. The summed E-state index contributed by atoms with van der Waals surface area (Å²) in [5, 5.41) is 0. The lowest BCUT2D eigenvalue weighted by Crippen LogP contribution is -2.02. The van der Waals surface area contributed by atoms with Crippen molar-refractivity contribution in [2.75, 3.05) is 0 Å². The highest BCUT2D eigenvalue weighted by Gasteiger charge is 2.21. The molecule has 0 saturated heterocycles. The van der Waals surface area contributed by atoms with E-state index in [1.165, 1.54) is 18.3 Å². The molecule has 0 saturated carbocycles. The van der Waals surface area contributed by atoms with Crippen LogP contribution in [0, 0.1) is 0 Å². The average Bonchev–Trinajstić information content (AvgIpc) is 2.36. The van der Waals surface area contributed by atoms with Gasteiger partial charge in [0.05, 0.1) is 5.69 Å². The third-order valence-corrected chi connectivity index (χ3v) is 1.14. The minimum Gasteiger partial charge on any atom is -0.362 e. The van der Waals surface area contributed by atoms with E-state index in [0.29, 0.717) is 0 Å². The van der Waals surface area contributed by atoms with Gasteiger partial charge in [0, 0.05) is 6.20 Å². The molecule has 1 unspecified atom stereocenters. The van der Waals surface area contributed by atoms with Crippen LogP contribution >= 0.6 is 0 Å². The molecule has 4 heteroatoms. The first kappa shape index (κ1) is 7.18. The number of hydrogen-bond acceptors (Lipinski definition) is 0. The Morgan fingerprint density at radius 1 is 1.30 bits per heavy atom. The predicted octanol–water partition coefficient (Wildman–Crippen LogP) is 2.29. The van der Waals surface area contributed by atoms with Gasteiger partial charge in [-0.1, -0.05) is 0 Å². The van der Waals surface area contributed by atoms with Gasteiger partial charge in [0.25, 0.3) is 6.43 Å². The van der Waals surface area contributed by atoms with Gasteiger partial charge in [-0.05, 0) is 12.1 Å². The number of H-pyrrole nitrogens is 1. The molecule has 1 heterocycles. The molecule has 1 rings (SSSR count). The SMILES string of the molecule is FC(F)C(F)c1ccc[nH]1. The molecule has 1 atom stereocenters. The monoisotopic (exact) mass is 149 g/mol. The Morgan fingerprint density at radius 3 is 2.40 bits per heavy atom. The summed E-state index contributed by atoms with van der Waals surface area (Å²) in [6.07, 6.45) is -3.72. The van der Waals surface area contributed by atoms with Crippen molar-refractivity contribution in [3.63, 3.8) is 0 Å². The van der Waals surface area contributed by atoms with Gasteiger partial charge in [0.15, 0.2) is 6.17 Å². The average molecular weight is 149 g/mol. The second-order valence-corrected chi connectivity index (χ2v) is 1.86. The zero-order valence-electron chi connectivity index (χ0n) is 5.02. The molecule has 0 spiro atoms. The molecule has 0 fully saturated rings. The Labute approximate surface area is 55.9 Å². The standard InChI is InChI=1S/C6H6F3N/c7-5(6(8)9)4-2-1-3-10-4/h1-3,5-6,10H. The summed E-state index contributed by atoms with van der Waals surface area (Å²) in [5.74, 6) is 0. The predicted molar refractivity (Wildman–Crippen MR) is 30.6 cm³/mol. The lowest BCUT2D eigenvalue weighted by atomic mass is 10.3. The molecule has 10 heavy (non-hydrogen) atoms. The van der Waals surface area contributed by atoms with Gasteiger partial charge in [-0.15, -0.1) is 0 Å². The fourth-order valence-electron chi connectivity index (χ4n) is 0.651. The van der Waals surface area contributed by atoms with Gasteiger partial charge < -0.3 is 4.98 Å². The molecule has 0 aromatic carbocycles. The van der Waals surface area contributed by atoms with Crippen molar-refractivity contribution in [1.29, 1.82) is 0 Å². The van der Waals surface area contributed by atoms with E-state index in [4.69, 9.17) is 0 Å². The summed E-state index contributed by atoms with van der Waals surface area (Å²) in [6.45, 7) is 0. The van der Waals surface area contributed by atoms with Crippen LogP contribution < -0.4 is 0 Å².